The van der Waals surface area contributed by atoms with Gasteiger partial charge in [-0.2, -0.15) is 0 Å². The molecule has 1 aromatic heterocycles. The highest BCUT2D eigenvalue weighted by Crippen LogP contribution is 2.30. The van der Waals surface area contributed by atoms with E-state index in [2.05, 4.69) is 19.2 Å². The number of carbonyl (C=O) groups is 2. The number of furan rings is 1. The quantitative estimate of drug-likeness (QED) is 0.742. The molecule has 3 aromatic rings. The minimum Gasteiger partial charge on any atom is -0.449 e. The first-order chi connectivity index (χ1) is 12.0. The van der Waals surface area contributed by atoms with E-state index in [0.717, 1.165) is 5.56 Å². The lowest BCUT2D eigenvalue weighted by Crippen LogP contribution is -2.18. The third kappa shape index (κ3) is 3.55. The molecule has 25 heavy (non-hydrogen) atoms. The van der Waals surface area contributed by atoms with Crippen LogP contribution in [0, 0.1) is 0 Å². The number of rotatable bonds is 5. The zero-order valence-corrected chi connectivity index (χ0v) is 14.2. The molecule has 3 rings (SSSR count). The maximum atomic E-state index is 12.4. The Balaban J connectivity index is 1.82. The van der Waals surface area contributed by atoms with Crippen molar-refractivity contribution >= 4 is 28.5 Å². The fourth-order valence-corrected chi connectivity index (χ4v) is 2.73. The van der Waals surface area contributed by atoms with E-state index in [1.165, 1.54) is 5.56 Å². The molecule has 0 spiro atoms. The Kier molecular flexibility index (Phi) is 4.57. The largest absolute Gasteiger partial charge is 0.449 e. The van der Waals surface area contributed by atoms with Gasteiger partial charge in [-0.3, -0.25) is 9.59 Å². The van der Waals surface area contributed by atoms with Gasteiger partial charge in [0.2, 0.25) is 11.7 Å². The summed E-state index contributed by atoms with van der Waals surface area (Å²) in [4.78, 5) is 24.0. The SMILES string of the molecule is CC(C)c1ccc(CC(=O)Nc2c(C(N)=O)oc3ccccc23)cc1. The Hall–Kier alpha value is -3.08. The summed E-state index contributed by atoms with van der Waals surface area (Å²) in [6, 6.07) is 15.0. The topological polar surface area (TPSA) is 85.3 Å². The third-order valence-corrected chi connectivity index (χ3v) is 4.09. The number of hydrogen-bond acceptors (Lipinski definition) is 3. The van der Waals surface area contributed by atoms with Crippen LogP contribution < -0.4 is 11.1 Å². The van der Waals surface area contributed by atoms with Gasteiger partial charge in [-0.15, -0.1) is 0 Å². The third-order valence-electron chi connectivity index (χ3n) is 4.09. The van der Waals surface area contributed by atoms with Crippen molar-refractivity contribution in [1.29, 1.82) is 0 Å². The highest BCUT2D eigenvalue weighted by Gasteiger charge is 2.20. The van der Waals surface area contributed by atoms with Crippen LogP contribution in [0.1, 0.15) is 41.4 Å². The van der Waals surface area contributed by atoms with Gasteiger partial charge in [-0.1, -0.05) is 50.2 Å². The van der Waals surface area contributed by atoms with Gasteiger partial charge in [-0.25, -0.2) is 0 Å². The van der Waals surface area contributed by atoms with E-state index in [1.54, 1.807) is 18.2 Å². The number of benzene rings is 2. The molecule has 0 radical (unpaired) electrons. The summed E-state index contributed by atoms with van der Waals surface area (Å²) in [5, 5.41) is 3.42. The van der Waals surface area contributed by atoms with Gasteiger partial charge >= 0.3 is 0 Å². The molecule has 0 fully saturated rings. The van der Waals surface area contributed by atoms with Gasteiger partial charge in [0, 0.05) is 5.39 Å². The van der Waals surface area contributed by atoms with E-state index in [0.29, 0.717) is 22.6 Å². The van der Waals surface area contributed by atoms with Crippen molar-refractivity contribution in [3.05, 3.63) is 65.4 Å². The standard InChI is InChI=1S/C20H20N2O3/c1-12(2)14-9-7-13(8-10-14)11-17(23)22-18-15-5-3-4-6-16(15)25-19(18)20(21)24/h3-10,12H,11H2,1-2H3,(H2,21,24)(H,22,23). The molecule has 5 heteroatoms. The number of amides is 2. The molecule has 0 saturated heterocycles. The molecule has 2 amide bonds. The Morgan fingerprint density at radius 1 is 1.08 bits per heavy atom. The molecule has 2 aromatic carbocycles. The fourth-order valence-electron chi connectivity index (χ4n) is 2.73. The normalized spacial score (nSPS) is 11.0. The van der Waals surface area contributed by atoms with Crippen LogP contribution in [-0.4, -0.2) is 11.8 Å². The predicted molar refractivity (Wildman–Crippen MR) is 97.6 cm³/mol. The number of anilines is 1. The molecule has 3 N–H and O–H groups in total. The van der Waals surface area contributed by atoms with E-state index in [9.17, 15) is 9.59 Å². The molecule has 1 heterocycles. The minimum absolute atomic E-state index is 0.0373. The second-order valence-corrected chi connectivity index (χ2v) is 6.29. The Bertz CT molecular complexity index is 924. The Morgan fingerprint density at radius 2 is 1.76 bits per heavy atom. The molecule has 0 atom stereocenters. The van der Waals surface area contributed by atoms with Gasteiger partial charge in [0.15, 0.2) is 0 Å². The van der Waals surface area contributed by atoms with Crippen LogP contribution in [0.15, 0.2) is 52.9 Å². The molecule has 0 aliphatic rings. The van der Waals surface area contributed by atoms with Crippen molar-refractivity contribution in [3.8, 4) is 0 Å². The molecule has 0 bridgehead atoms. The first-order valence-electron chi connectivity index (χ1n) is 8.15. The molecular formula is C20H20N2O3. The van der Waals surface area contributed by atoms with Crippen LogP contribution in [0.4, 0.5) is 5.69 Å². The summed E-state index contributed by atoms with van der Waals surface area (Å²) in [6.07, 6.45) is 0.204. The number of primary amides is 1. The van der Waals surface area contributed by atoms with Crippen molar-refractivity contribution in [2.75, 3.05) is 5.32 Å². The molecule has 5 nitrogen and oxygen atoms in total. The van der Waals surface area contributed by atoms with Gasteiger partial charge in [0.1, 0.15) is 11.3 Å². The number of fused-ring (bicyclic) bond motifs is 1. The lowest BCUT2D eigenvalue weighted by atomic mass is 10.0. The number of nitrogens with two attached hydrogens (primary N) is 1. The molecule has 0 unspecified atom stereocenters. The highest BCUT2D eigenvalue weighted by molar-refractivity contribution is 6.10. The van der Waals surface area contributed by atoms with Crippen LogP contribution in [0.5, 0.6) is 0 Å². The summed E-state index contributed by atoms with van der Waals surface area (Å²) in [5.74, 6) is -0.540. The summed E-state index contributed by atoms with van der Waals surface area (Å²) < 4.78 is 5.46. The van der Waals surface area contributed by atoms with Crippen molar-refractivity contribution < 1.29 is 14.0 Å². The number of nitrogens with one attached hydrogen (secondary N) is 1. The fraction of sp³-hybridized carbons (Fsp3) is 0.200. The average Bonchev–Trinajstić information content (AvgIpc) is 2.94. The van der Waals surface area contributed by atoms with Gasteiger partial charge in [-0.05, 0) is 29.2 Å². The number of carbonyl (C=O) groups excluding carboxylic acids is 2. The van der Waals surface area contributed by atoms with E-state index >= 15 is 0 Å². The van der Waals surface area contributed by atoms with Crippen molar-refractivity contribution in [2.24, 2.45) is 5.73 Å². The number of hydrogen-bond donors (Lipinski definition) is 2. The lowest BCUT2D eigenvalue weighted by Gasteiger charge is -2.08. The van der Waals surface area contributed by atoms with Crippen LogP contribution in [-0.2, 0) is 11.2 Å². The molecule has 128 valence electrons. The lowest BCUT2D eigenvalue weighted by molar-refractivity contribution is -0.115. The maximum Gasteiger partial charge on any atom is 0.286 e. The maximum absolute atomic E-state index is 12.4. The second-order valence-electron chi connectivity index (χ2n) is 6.29. The van der Waals surface area contributed by atoms with E-state index in [4.69, 9.17) is 10.2 Å². The number of para-hydroxylation sites is 1. The summed E-state index contributed by atoms with van der Waals surface area (Å²) in [5.41, 5.74) is 8.32. The molecule has 0 aliphatic heterocycles. The Labute approximate surface area is 145 Å². The molecular weight excluding hydrogens is 316 g/mol. The van der Waals surface area contributed by atoms with E-state index in [1.807, 2.05) is 30.3 Å². The van der Waals surface area contributed by atoms with Crippen molar-refractivity contribution in [2.45, 2.75) is 26.2 Å². The minimum atomic E-state index is -0.715. The van der Waals surface area contributed by atoms with Crippen LogP contribution in [0.25, 0.3) is 11.0 Å². The predicted octanol–water partition coefficient (Wildman–Crippen LogP) is 3.84. The molecule has 0 saturated carbocycles. The zero-order valence-electron chi connectivity index (χ0n) is 14.2. The van der Waals surface area contributed by atoms with E-state index < -0.39 is 5.91 Å². The Morgan fingerprint density at radius 3 is 2.40 bits per heavy atom. The van der Waals surface area contributed by atoms with Crippen LogP contribution in [0.2, 0.25) is 0 Å². The van der Waals surface area contributed by atoms with Crippen molar-refractivity contribution in [3.63, 3.8) is 0 Å². The summed E-state index contributed by atoms with van der Waals surface area (Å²) >= 11 is 0. The second kappa shape index (κ2) is 6.81. The smallest absolute Gasteiger partial charge is 0.286 e. The average molecular weight is 336 g/mol. The van der Waals surface area contributed by atoms with Gasteiger partial charge in [0.05, 0.1) is 6.42 Å². The van der Waals surface area contributed by atoms with Crippen molar-refractivity contribution in [1.82, 2.24) is 0 Å². The van der Waals surface area contributed by atoms with Crippen LogP contribution >= 0.6 is 0 Å². The monoisotopic (exact) mass is 336 g/mol. The first kappa shape index (κ1) is 16.8. The highest BCUT2D eigenvalue weighted by atomic mass is 16.3. The molecule has 0 aliphatic carbocycles. The summed E-state index contributed by atoms with van der Waals surface area (Å²) in [6.45, 7) is 4.24. The van der Waals surface area contributed by atoms with Crippen LogP contribution in [0.3, 0.4) is 0 Å². The zero-order chi connectivity index (χ0) is 18.0. The van der Waals surface area contributed by atoms with Gasteiger partial charge in [0.25, 0.3) is 5.91 Å². The van der Waals surface area contributed by atoms with Gasteiger partial charge < -0.3 is 15.5 Å². The first-order valence-corrected chi connectivity index (χ1v) is 8.15. The van der Waals surface area contributed by atoms with E-state index in [-0.39, 0.29) is 18.1 Å². The summed E-state index contributed by atoms with van der Waals surface area (Å²) in [7, 11) is 0.